The number of carbonyl (C=O) groups excluding carboxylic acids is 1. The molecule has 2 aliphatic rings. The molecule has 0 saturated heterocycles. The smallest absolute Gasteiger partial charge is 0.241 e. The van der Waals surface area contributed by atoms with Crippen LogP contribution in [0, 0.1) is 5.92 Å². The Labute approximate surface area is 101 Å². The van der Waals surface area contributed by atoms with Crippen LogP contribution in [0.25, 0.3) is 0 Å². The molecule has 3 rings (SSSR count). The third kappa shape index (κ3) is 1.28. The second-order valence-corrected chi connectivity index (χ2v) is 5.41. The molecule has 4 nitrogen and oxygen atoms in total. The maximum atomic E-state index is 12.0. The van der Waals surface area contributed by atoms with Crippen molar-refractivity contribution in [2.75, 3.05) is 11.9 Å². The van der Waals surface area contributed by atoms with E-state index in [2.05, 4.69) is 32.6 Å². The summed E-state index contributed by atoms with van der Waals surface area (Å²) in [6, 6.07) is 0. The predicted octanol–water partition coefficient (Wildman–Crippen LogP) is 1.36. The molecule has 1 aromatic rings. The summed E-state index contributed by atoms with van der Waals surface area (Å²) in [6.07, 6.45) is 4.44. The number of rotatable bonds is 0. The van der Waals surface area contributed by atoms with Crippen LogP contribution in [0.1, 0.15) is 18.0 Å². The van der Waals surface area contributed by atoms with Crippen LogP contribution in [-0.2, 0) is 4.79 Å². The molecule has 0 aromatic carbocycles. The minimum Gasteiger partial charge on any atom is -0.298 e. The number of hydrogen-bond donors (Lipinski definition) is 0. The van der Waals surface area contributed by atoms with Crippen LogP contribution in [0.3, 0.4) is 0 Å². The first-order chi connectivity index (χ1) is 7.20. The summed E-state index contributed by atoms with van der Waals surface area (Å²) in [5.41, 5.74) is 0.998. The van der Waals surface area contributed by atoms with Crippen molar-refractivity contribution in [2.24, 2.45) is 5.92 Å². The Hall–Kier alpha value is -0.720. The summed E-state index contributed by atoms with van der Waals surface area (Å²) in [7, 11) is 1.78. The number of anilines is 1. The van der Waals surface area contributed by atoms with Gasteiger partial charge in [0.05, 0.1) is 9.62 Å². The van der Waals surface area contributed by atoms with Crippen molar-refractivity contribution >= 4 is 34.3 Å². The Morgan fingerprint density at radius 3 is 3.00 bits per heavy atom. The third-order valence-electron chi connectivity index (χ3n) is 3.16. The molecular formula is C10H10IN3O. The molecule has 1 aromatic heterocycles. The van der Waals surface area contributed by atoms with Crippen LogP contribution >= 0.6 is 22.6 Å². The highest BCUT2D eigenvalue weighted by atomic mass is 127. The van der Waals surface area contributed by atoms with E-state index in [1.807, 2.05) is 0 Å². The lowest BCUT2D eigenvalue weighted by Crippen LogP contribution is -2.34. The zero-order valence-corrected chi connectivity index (χ0v) is 10.4. The normalized spacial score (nSPS) is 33.1. The lowest BCUT2D eigenvalue weighted by Gasteiger charge is -2.18. The molecule has 1 aliphatic carbocycles. The molecule has 15 heavy (non-hydrogen) atoms. The topological polar surface area (TPSA) is 46.1 Å². The fourth-order valence-electron chi connectivity index (χ4n) is 2.19. The van der Waals surface area contributed by atoms with Crippen molar-refractivity contribution in [1.29, 1.82) is 0 Å². The number of carbonyl (C=O) groups is 1. The number of hydrogen-bond acceptors (Lipinski definition) is 3. The molecule has 2 heterocycles. The minimum atomic E-state index is 0.0774. The Kier molecular flexibility index (Phi) is 1.99. The van der Waals surface area contributed by atoms with Gasteiger partial charge >= 0.3 is 0 Å². The summed E-state index contributed by atoms with van der Waals surface area (Å²) in [5, 5.41) is 0. The Morgan fingerprint density at radius 2 is 2.20 bits per heavy atom. The maximum Gasteiger partial charge on any atom is 0.241 e. The van der Waals surface area contributed by atoms with E-state index in [0.717, 1.165) is 17.9 Å². The van der Waals surface area contributed by atoms with E-state index in [0.29, 0.717) is 11.8 Å². The van der Waals surface area contributed by atoms with Crippen molar-refractivity contribution in [3.63, 3.8) is 0 Å². The van der Waals surface area contributed by atoms with Gasteiger partial charge in [0.15, 0.2) is 5.82 Å². The summed E-state index contributed by atoms with van der Waals surface area (Å²) in [6.45, 7) is 0. The fourth-order valence-corrected chi connectivity index (χ4v) is 3.40. The fraction of sp³-hybridized carbons (Fsp3) is 0.500. The summed E-state index contributed by atoms with van der Waals surface area (Å²) < 4.78 is 0.0774. The molecular weight excluding hydrogens is 305 g/mol. The van der Waals surface area contributed by atoms with Gasteiger partial charge in [-0.1, -0.05) is 22.6 Å². The largest absolute Gasteiger partial charge is 0.298 e. The van der Waals surface area contributed by atoms with Gasteiger partial charge in [-0.15, -0.1) is 0 Å². The third-order valence-corrected chi connectivity index (χ3v) is 4.61. The maximum absolute atomic E-state index is 12.0. The van der Waals surface area contributed by atoms with Crippen LogP contribution in [-0.4, -0.2) is 26.8 Å². The van der Waals surface area contributed by atoms with Gasteiger partial charge in [0.1, 0.15) is 0 Å². The Bertz CT molecular complexity index is 436. The van der Waals surface area contributed by atoms with E-state index >= 15 is 0 Å². The quantitative estimate of drug-likeness (QED) is 0.536. The van der Waals surface area contributed by atoms with E-state index < -0.39 is 0 Å². The van der Waals surface area contributed by atoms with Crippen LogP contribution in [0.2, 0.25) is 0 Å². The lowest BCUT2D eigenvalue weighted by molar-refractivity contribution is -0.117. The van der Waals surface area contributed by atoms with Gasteiger partial charge in [0, 0.05) is 25.4 Å². The molecule has 5 heteroatoms. The average molecular weight is 315 g/mol. The predicted molar refractivity (Wildman–Crippen MR) is 64.1 cm³/mol. The standard InChI is InChI=1S/C10H10IN3O/c1-14-9-8(12-2-3-13-9)6-4-5(6)7(11)10(14)15/h2-3,5-7H,4H2,1H3/t5-,6?,7+/m0/s1. The molecule has 0 radical (unpaired) electrons. The number of halogens is 1. The molecule has 1 aliphatic heterocycles. The van der Waals surface area contributed by atoms with Crippen molar-refractivity contribution < 1.29 is 4.79 Å². The van der Waals surface area contributed by atoms with Crippen molar-refractivity contribution in [3.05, 3.63) is 18.1 Å². The molecule has 1 amide bonds. The Morgan fingerprint density at radius 1 is 1.47 bits per heavy atom. The van der Waals surface area contributed by atoms with Crippen molar-refractivity contribution in [1.82, 2.24) is 9.97 Å². The average Bonchev–Trinajstić information content (AvgIpc) is 3.05. The SMILES string of the molecule is CN1C(=O)[C@H](I)[C@H]2CC2c2nccnc21. The number of amides is 1. The van der Waals surface area contributed by atoms with E-state index in [4.69, 9.17) is 0 Å². The number of alkyl halides is 1. The first-order valence-corrected chi connectivity index (χ1v) is 6.17. The van der Waals surface area contributed by atoms with Crippen molar-refractivity contribution in [3.8, 4) is 0 Å². The summed E-state index contributed by atoms with van der Waals surface area (Å²) >= 11 is 2.24. The number of aromatic nitrogens is 2. The van der Waals surface area contributed by atoms with E-state index in [1.165, 1.54) is 0 Å². The molecule has 1 saturated carbocycles. The monoisotopic (exact) mass is 315 g/mol. The van der Waals surface area contributed by atoms with Gasteiger partial charge in [-0.3, -0.25) is 14.7 Å². The lowest BCUT2D eigenvalue weighted by atomic mass is 10.2. The van der Waals surface area contributed by atoms with Crippen LogP contribution in [0.15, 0.2) is 12.4 Å². The zero-order chi connectivity index (χ0) is 10.6. The molecule has 3 atom stereocenters. The molecule has 78 valence electrons. The number of fused-ring (bicyclic) bond motifs is 3. The van der Waals surface area contributed by atoms with Gasteiger partial charge in [-0.05, 0) is 12.3 Å². The van der Waals surface area contributed by atoms with Crippen LogP contribution in [0.5, 0.6) is 0 Å². The molecule has 1 fully saturated rings. The summed E-state index contributed by atoms with van der Waals surface area (Å²) in [5.74, 6) is 1.82. The van der Waals surface area contributed by atoms with E-state index in [1.54, 1.807) is 24.3 Å². The Balaban J connectivity index is 2.14. The van der Waals surface area contributed by atoms with E-state index in [9.17, 15) is 4.79 Å². The highest BCUT2D eigenvalue weighted by Gasteiger charge is 2.51. The highest BCUT2D eigenvalue weighted by molar-refractivity contribution is 14.1. The first-order valence-electron chi connectivity index (χ1n) is 4.92. The summed E-state index contributed by atoms with van der Waals surface area (Å²) in [4.78, 5) is 22.3. The second-order valence-electron chi connectivity index (χ2n) is 4.07. The molecule has 0 N–H and O–H groups in total. The van der Waals surface area contributed by atoms with Gasteiger partial charge < -0.3 is 0 Å². The molecule has 0 bridgehead atoms. The van der Waals surface area contributed by atoms with Gasteiger partial charge in [-0.25, -0.2) is 4.98 Å². The second kappa shape index (κ2) is 3.13. The number of nitrogens with zero attached hydrogens (tertiary/aromatic N) is 3. The highest BCUT2D eigenvalue weighted by Crippen LogP contribution is 2.55. The minimum absolute atomic E-state index is 0.0774. The van der Waals surface area contributed by atoms with Gasteiger partial charge in [-0.2, -0.15) is 0 Å². The molecule has 0 spiro atoms. The van der Waals surface area contributed by atoms with Crippen LogP contribution < -0.4 is 4.90 Å². The van der Waals surface area contributed by atoms with Gasteiger partial charge in [0.25, 0.3) is 0 Å². The zero-order valence-electron chi connectivity index (χ0n) is 8.22. The van der Waals surface area contributed by atoms with E-state index in [-0.39, 0.29) is 9.83 Å². The first kappa shape index (κ1) is 9.50. The molecule has 1 unspecified atom stereocenters. The van der Waals surface area contributed by atoms with Gasteiger partial charge in [0.2, 0.25) is 5.91 Å². The van der Waals surface area contributed by atoms with Crippen LogP contribution in [0.4, 0.5) is 5.82 Å². The van der Waals surface area contributed by atoms with Crippen molar-refractivity contribution in [2.45, 2.75) is 16.3 Å².